The number of hydrogen-bond donors (Lipinski definition) is 1. The molecule has 1 unspecified atom stereocenters. The van der Waals surface area contributed by atoms with E-state index in [2.05, 4.69) is 53.6 Å². The van der Waals surface area contributed by atoms with Crippen molar-refractivity contribution in [1.82, 2.24) is 14.9 Å². The first-order valence-corrected chi connectivity index (χ1v) is 7.71. The Morgan fingerprint density at radius 3 is 2.38 bits per heavy atom. The van der Waals surface area contributed by atoms with Crippen LogP contribution in [0.25, 0.3) is 5.69 Å². The topological polar surface area (TPSA) is 39.1 Å². The Kier molecular flexibility index (Phi) is 6.41. The van der Waals surface area contributed by atoms with Crippen LogP contribution in [0, 0.1) is 0 Å². The number of aromatic nitrogens is 2. The minimum atomic E-state index is 0. The SMILES string of the molecule is COc1ccc(CNC(C)c2ccc(-n3ccnc3)cc2)cc1.Cl. The van der Waals surface area contributed by atoms with E-state index in [-0.39, 0.29) is 18.4 Å². The molecule has 24 heavy (non-hydrogen) atoms. The maximum atomic E-state index is 5.18. The van der Waals surface area contributed by atoms with Gasteiger partial charge in [-0.1, -0.05) is 24.3 Å². The van der Waals surface area contributed by atoms with Crippen LogP contribution in [0.1, 0.15) is 24.1 Å². The summed E-state index contributed by atoms with van der Waals surface area (Å²) in [7, 11) is 1.68. The van der Waals surface area contributed by atoms with E-state index in [0.717, 1.165) is 18.0 Å². The summed E-state index contributed by atoms with van der Waals surface area (Å²) in [5.41, 5.74) is 3.63. The van der Waals surface area contributed by atoms with Gasteiger partial charge in [0, 0.05) is 30.7 Å². The van der Waals surface area contributed by atoms with E-state index in [4.69, 9.17) is 4.74 Å². The molecule has 0 spiro atoms. The van der Waals surface area contributed by atoms with E-state index in [1.54, 1.807) is 19.6 Å². The molecule has 1 N–H and O–H groups in total. The molecule has 0 fully saturated rings. The maximum absolute atomic E-state index is 5.18. The smallest absolute Gasteiger partial charge is 0.118 e. The van der Waals surface area contributed by atoms with Gasteiger partial charge in [0.05, 0.1) is 13.4 Å². The minimum absolute atomic E-state index is 0. The zero-order valence-corrected chi connectivity index (χ0v) is 14.7. The Bertz CT molecular complexity index is 724. The molecule has 0 saturated carbocycles. The molecule has 0 aliphatic heterocycles. The first-order valence-electron chi connectivity index (χ1n) is 7.71. The molecule has 1 aromatic heterocycles. The summed E-state index contributed by atoms with van der Waals surface area (Å²) >= 11 is 0. The van der Waals surface area contributed by atoms with Gasteiger partial charge in [0.15, 0.2) is 0 Å². The van der Waals surface area contributed by atoms with Gasteiger partial charge in [-0.25, -0.2) is 4.98 Å². The Morgan fingerprint density at radius 2 is 1.79 bits per heavy atom. The fraction of sp³-hybridized carbons (Fsp3) is 0.211. The lowest BCUT2D eigenvalue weighted by Crippen LogP contribution is -2.18. The Morgan fingerprint density at radius 1 is 1.08 bits per heavy atom. The van der Waals surface area contributed by atoms with E-state index >= 15 is 0 Å². The van der Waals surface area contributed by atoms with Crippen molar-refractivity contribution in [2.24, 2.45) is 0 Å². The highest BCUT2D eigenvalue weighted by Gasteiger charge is 2.05. The monoisotopic (exact) mass is 343 g/mol. The standard InChI is InChI=1S/C19H21N3O.ClH/c1-15(21-13-16-3-9-19(23-2)10-4-16)17-5-7-18(8-6-17)22-12-11-20-14-22;/h3-12,14-15,21H,13H2,1-2H3;1H. The van der Waals surface area contributed by atoms with Crippen LogP contribution in [0.15, 0.2) is 67.3 Å². The summed E-state index contributed by atoms with van der Waals surface area (Å²) in [6, 6.07) is 17.0. The average Bonchev–Trinajstić information content (AvgIpc) is 3.15. The van der Waals surface area contributed by atoms with Gasteiger partial charge in [-0.2, -0.15) is 0 Å². The van der Waals surface area contributed by atoms with Gasteiger partial charge in [0.2, 0.25) is 0 Å². The van der Waals surface area contributed by atoms with Crippen LogP contribution >= 0.6 is 12.4 Å². The molecule has 1 atom stereocenters. The van der Waals surface area contributed by atoms with Gasteiger partial charge in [0.1, 0.15) is 5.75 Å². The molecule has 0 aliphatic rings. The van der Waals surface area contributed by atoms with Gasteiger partial charge < -0.3 is 14.6 Å². The second-order valence-electron chi connectivity index (χ2n) is 5.51. The molecule has 126 valence electrons. The summed E-state index contributed by atoms with van der Waals surface area (Å²) in [6.07, 6.45) is 5.54. The zero-order chi connectivity index (χ0) is 16.1. The van der Waals surface area contributed by atoms with Crippen LogP contribution < -0.4 is 10.1 Å². The van der Waals surface area contributed by atoms with Crippen LogP contribution in [0.5, 0.6) is 5.75 Å². The molecule has 0 radical (unpaired) electrons. The highest BCUT2D eigenvalue weighted by molar-refractivity contribution is 5.85. The van der Waals surface area contributed by atoms with Crippen molar-refractivity contribution < 1.29 is 4.74 Å². The van der Waals surface area contributed by atoms with Gasteiger partial charge in [-0.15, -0.1) is 12.4 Å². The maximum Gasteiger partial charge on any atom is 0.118 e. The summed E-state index contributed by atoms with van der Waals surface area (Å²) in [4.78, 5) is 4.07. The molecular formula is C19H22ClN3O. The van der Waals surface area contributed by atoms with Crippen molar-refractivity contribution in [3.05, 3.63) is 78.4 Å². The van der Waals surface area contributed by atoms with Crippen molar-refractivity contribution in [3.8, 4) is 11.4 Å². The third-order valence-electron chi connectivity index (χ3n) is 3.97. The van der Waals surface area contributed by atoms with E-state index in [0.29, 0.717) is 0 Å². The molecule has 0 aliphatic carbocycles. The minimum Gasteiger partial charge on any atom is -0.497 e. The first kappa shape index (κ1) is 18.0. The lowest BCUT2D eigenvalue weighted by molar-refractivity contribution is 0.414. The van der Waals surface area contributed by atoms with Crippen molar-refractivity contribution >= 4 is 12.4 Å². The van der Waals surface area contributed by atoms with E-state index < -0.39 is 0 Å². The summed E-state index contributed by atoms with van der Waals surface area (Å²) < 4.78 is 7.18. The summed E-state index contributed by atoms with van der Waals surface area (Å²) in [6.45, 7) is 3.00. The lowest BCUT2D eigenvalue weighted by atomic mass is 10.1. The van der Waals surface area contributed by atoms with Crippen molar-refractivity contribution in [2.45, 2.75) is 19.5 Å². The Balaban J connectivity index is 0.00000208. The van der Waals surface area contributed by atoms with Crippen LogP contribution in [0.4, 0.5) is 0 Å². The first-order chi connectivity index (χ1) is 11.3. The number of hydrogen-bond acceptors (Lipinski definition) is 3. The molecule has 3 aromatic rings. The van der Waals surface area contributed by atoms with Gasteiger partial charge in [-0.05, 0) is 42.3 Å². The number of ether oxygens (including phenoxy) is 1. The van der Waals surface area contributed by atoms with E-state index in [9.17, 15) is 0 Å². The van der Waals surface area contributed by atoms with Crippen LogP contribution in [0.3, 0.4) is 0 Å². The molecule has 0 bridgehead atoms. The highest BCUT2D eigenvalue weighted by atomic mass is 35.5. The van der Waals surface area contributed by atoms with Gasteiger partial charge in [-0.3, -0.25) is 0 Å². The number of imidazole rings is 1. The fourth-order valence-corrected chi connectivity index (χ4v) is 2.48. The highest BCUT2D eigenvalue weighted by Crippen LogP contribution is 2.17. The number of halogens is 1. The quantitative estimate of drug-likeness (QED) is 0.730. The lowest BCUT2D eigenvalue weighted by Gasteiger charge is -2.15. The molecule has 4 nitrogen and oxygen atoms in total. The van der Waals surface area contributed by atoms with Gasteiger partial charge >= 0.3 is 0 Å². The molecule has 3 rings (SSSR count). The fourth-order valence-electron chi connectivity index (χ4n) is 2.48. The average molecular weight is 344 g/mol. The number of methoxy groups -OCH3 is 1. The third kappa shape index (κ3) is 4.37. The van der Waals surface area contributed by atoms with Crippen molar-refractivity contribution in [2.75, 3.05) is 7.11 Å². The normalized spacial score (nSPS) is 11.6. The number of nitrogens with zero attached hydrogens (tertiary/aromatic N) is 2. The van der Waals surface area contributed by atoms with Crippen LogP contribution in [-0.4, -0.2) is 16.7 Å². The molecule has 0 saturated heterocycles. The van der Waals surface area contributed by atoms with Crippen LogP contribution in [0.2, 0.25) is 0 Å². The second kappa shape index (κ2) is 8.52. The third-order valence-corrected chi connectivity index (χ3v) is 3.97. The Hall–Kier alpha value is -2.30. The summed E-state index contributed by atoms with van der Waals surface area (Å²) in [5, 5.41) is 3.55. The van der Waals surface area contributed by atoms with Crippen molar-refractivity contribution in [1.29, 1.82) is 0 Å². The molecule has 0 amide bonds. The van der Waals surface area contributed by atoms with Crippen LogP contribution in [-0.2, 0) is 6.54 Å². The molecule has 5 heteroatoms. The largest absolute Gasteiger partial charge is 0.497 e. The number of benzene rings is 2. The predicted molar refractivity (Wildman–Crippen MR) is 99.1 cm³/mol. The van der Waals surface area contributed by atoms with Crippen molar-refractivity contribution in [3.63, 3.8) is 0 Å². The Labute approximate surface area is 148 Å². The molecular weight excluding hydrogens is 322 g/mol. The summed E-state index contributed by atoms with van der Waals surface area (Å²) in [5.74, 6) is 0.886. The van der Waals surface area contributed by atoms with Gasteiger partial charge in [0.25, 0.3) is 0 Å². The zero-order valence-electron chi connectivity index (χ0n) is 13.8. The van der Waals surface area contributed by atoms with E-state index in [1.165, 1.54) is 11.1 Å². The molecule has 1 heterocycles. The van der Waals surface area contributed by atoms with E-state index in [1.807, 2.05) is 22.9 Å². The second-order valence-corrected chi connectivity index (χ2v) is 5.51. The number of rotatable bonds is 6. The molecule has 2 aromatic carbocycles. The number of nitrogens with one attached hydrogen (secondary N) is 1. The predicted octanol–water partition coefficient (Wildman–Crippen LogP) is 4.15.